The molecule has 0 saturated carbocycles. The van der Waals surface area contributed by atoms with Gasteiger partial charge in [0.2, 0.25) is 5.91 Å². The van der Waals surface area contributed by atoms with E-state index in [9.17, 15) is 4.79 Å². The molecule has 2 atom stereocenters. The highest BCUT2D eigenvalue weighted by molar-refractivity contribution is 5.79. The van der Waals surface area contributed by atoms with E-state index in [4.69, 9.17) is 11.0 Å². The topological polar surface area (TPSA) is 70.1 Å². The maximum atomic E-state index is 10.9. The Morgan fingerprint density at radius 1 is 1.62 bits per heavy atom. The molecule has 0 radical (unpaired) electrons. The predicted molar refractivity (Wildman–Crippen MR) is 50.7 cm³/mol. The first-order valence-corrected chi connectivity index (χ1v) is 4.45. The van der Waals surface area contributed by atoms with Gasteiger partial charge in [0.1, 0.15) is 0 Å². The molecule has 0 aromatic heterocycles. The molecule has 2 N–H and O–H groups in total. The van der Waals surface area contributed by atoms with Crippen molar-refractivity contribution in [1.82, 2.24) is 4.90 Å². The lowest BCUT2D eigenvalue weighted by Crippen LogP contribution is -2.44. The van der Waals surface area contributed by atoms with Crippen LogP contribution in [0.15, 0.2) is 0 Å². The summed E-state index contributed by atoms with van der Waals surface area (Å²) >= 11 is 0. The van der Waals surface area contributed by atoms with Crippen LogP contribution in [0.3, 0.4) is 0 Å². The van der Waals surface area contributed by atoms with Gasteiger partial charge in [-0.25, -0.2) is 0 Å². The van der Waals surface area contributed by atoms with Crippen molar-refractivity contribution >= 4 is 5.91 Å². The van der Waals surface area contributed by atoms with Gasteiger partial charge in [0, 0.05) is 6.54 Å². The summed E-state index contributed by atoms with van der Waals surface area (Å²) in [6.07, 6.45) is 0. The molecule has 0 aromatic carbocycles. The predicted octanol–water partition coefficient (Wildman–Crippen LogP) is 0.342. The normalized spacial score (nSPS) is 15.0. The SMILES string of the molecule is CCN(CC(C)C#N)C(C)C(N)=O. The van der Waals surface area contributed by atoms with E-state index in [1.807, 2.05) is 18.7 Å². The number of primary amides is 1. The van der Waals surface area contributed by atoms with Crippen LogP contribution in [0.1, 0.15) is 20.8 Å². The van der Waals surface area contributed by atoms with Gasteiger partial charge in [-0.1, -0.05) is 6.92 Å². The van der Waals surface area contributed by atoms with Gasteiger partial charge < -0.3 is 5.73 Å². The minimum atomic E-state index is -0.341. The number of hydrogen-bond acceptors (Lipinski definition) is 3. The molecule has 0 aromatic rings. The Morgan fingerprint density at radius 3 is 2.46 bits per heavy atom. The third-order valence-electron chi connectivity index (χ3n) is 2.09. The molecule has 1 amide bonds. The Morgan fingerprint density at radius 2 is 2.15 bits per heavy atom. The fourth-order valence-corrected chi connectivity index (χ4v) is 1.13. The van der Waals surface area contributed by atoms with Crippen molar-refractivity contribution in [2.45, 2.75) is 26.8 Å². The van der Waals surface area contributed by atoms with Gasteiger partial charge in [-0.15, -0.1) is 0 Å². The Labute approximate surface area is 79.3 Å². The van der Waals surface area contributed by atoms with Crippen LogP contribution in [-0.2, 0) is 4.79 Å². The summed E-state index contributed by atoms with van der Waals surface area (Å²) < 4.78 is 0. The standard InChI is InChI=1S/C9H17N3O/c1-4-12(6-7(2)5-10)8(3)9(11)13/h7-8H,4,6H2,1-3H3,(H2,11,13). The zero-order valence-corrected chi connectivity index (χ0v) is 8.45. The molecule has 0 spiro atoms. The maximum Gasteiger partial charge on any atom is 0.234 e. The lowest BCUT2D eigenvalue weighted by Gasteiger charge is -2.26. The number of nitrogens with zero attached hydrogens (tertiary/aromatic N) is 2. The number of amides is 1. The number of rotatable bonds is 5. The Kier molecular flexibility index (Phi) is 5.09. The number of carbonyl (C=O) groups is 1. The fraction of sp³-hybridized carbons (Fsp3) is 0.778. The molecule has 4 nitrogen and oxygen atoms in total. The van der Waals surface area contributed by atoms with Gasteiger partial charge in [0.25, 0.3) is 0 Å². The fourth-order valence-electron chi connectivity index (χ4n) is 1.13. The molecule has 0 aliphatic heterocycles. The van der Waals surface area contributed by atoms with Gasteiger partial charge in [0.05, 0.1) is 18.0 Å². The molecule has 0 saturated heterocycles. The highest BCUT2D eigenvalue weighted by atomic mass is 16.1. The summed E-state index contributed by atoms with van der Waals surface area (Å²) in [5.41, 5.74) is 5.17. The summed E-state index contributed by atoms with van der Waals surface area (Å²) in [5, 5.41) is 8.61. The summed E-state index contributed by atoms with van der Waals surface area (Å²) in [7, 11) is 0. The van der Waals surface area contributed by atoms with E-state index in [1.165, 1.54) is 0 Å². The largest absolute Gasteiger partial charge is 0.368 e. The van der Waals surface area contributed by atoms with Crippen LogP contribution in [0.4, 0.5) is 0 Å². The number of nitriles is 1. The average Bonchev–Trinajstić information content (AvgIpc) is 2.12. The van der Waals surface area contributed by atoms with E-state index in [-0.39, 0.29) is 17.9 Å². The molecule has 0 aliphatic carbocycles. The summed E-state index contributed by atoms with van der Waals surface area (Å²) in [6.45, 7) is 6.86. The molecule has 2 unspecified atom stereocenters. The second kappa shape index (κ2) is 5.55. The molecule has 0 heterocycles. The van der Waals surface area contributed by atoms with E-state index in [0.29, 0.717) is 6.54 Å². The zero-order chi connectivity index (χ0) is 10.4. The van der Waals surface area contributed by atoms with Gasteiger partial charge in [-0.3, -0.25) is 9.69 Å². The van der Waals surface area contributed by atoms with Crippen LogP contribution in [0.5, 0.6) is 0 Å². The molecule has 4 heteroatoms. The van der Waals surface area contributed by atoms with Gasteiger partial charge >= 0.3 is 0 Å². The molecular weight excluding hydrogens is 166 g/mol. The lowest BCUT2D eigenvalue weighted by molar-refractivity contribution is -0.122. The first kappa shape index (κ1) is 11.9. The minimum Gasteiger partial charge on any atom is -0.368 e. The second-order valence-electron chi connectivity index (χ2n) is 3.20. The van der Waals surface area contributed by atoms with Crippen LogP contribution in [0.25, 0.3) is 0 Å². The van der Waals surface area contributed by atoms with E-state index in [0.717, 1.165) is 6.54 Å². The second-order valence-corrected chi connectivity index (χ2v) is 3.20. The van der Waals surface area contributed by atoms with E-state index < -0.39 is 0 Å². The Bertz CT molecular complexity index is 209. The van der Waals surface area contributed by atoms with E-state index >= 15 is 0 Å². The van der Waals surface area contributed by atoms with Crippen LogP contribution in [0, 0.1) is 17.2 Å². The van der Waals surface area contributed by atoms with Crippen molar-refractivity contribution < 1.29 is 4.79 Å². The van der Waals surface area contributed by atoms with E-state index in [2.05, 4.69) is 6.07 Å². The Hall–Kier alpha value is -1.08. The molecular formula is C9H17N3O. The molecule has 13 heavy (non-hydrogen) atoms. The first-order chi connectivity index (χ1) is 6.02. The van der Waals surface area contributed by atoms with Gasteiger partial charge in [0.15, 0.2) is 0 Å². The smallest absolute Gasteiger partial charge is 0.234 e. The maximum absolute atomic E-state index is 10.9. The number of nitrogens with two attached hydrogens (primary N) is 1. The summed E-state index contributed by atoms with van der Waals surface area (Å²) in [6, 6.07) is 1.84. The van der Waals surface area contributed by atoms with E-state index in [1.54, 1.807) is 6.92 Å². The highest BCUT2D eigenvalue weighted by Gasteiger charge is 2.18. The zero-order valence-electron chi connectivity index (χ0n) is 8.45. The average molecular weight is 183 g/mol. The highest BCUT2D eigenvalue weighted by Crippen LogP contribution is 2.03. The van der Waals surface area contributed by atoms with Crippen molar-refractivity contribution in [1.29, 1.82) is 5.26 Å². The summed E-state index contributed by atoms with van der Waals surface area (Å²) in [4.78, 5) is 12.8. The van der Waals surface area contributed by atoms with Gasteiger partial charge in [-0.05, 0) is 20.4 Å². The summed E-state index contributed by atoms with van der Waals surface area (Å²) in [5.74, 6) is -0.409. The molecule has 0 bridgehead atoms. The lowest BCUT2D eigenvalue weighted by atomic mass is 10.1. The first-order valence-electron chi connectivity index (χ1n) is 4.45. The Balaban J connectivity index is 4.19. The van der Waals surface area contributed by atoms with Crippen LogP contribution in [0.2, 0.25) is 0 Å². The van der Waals surface area contributed by atoms with Crippen molar-refractivity contribution in [3.05, 3.63) is 0 Å². The van der Waals surface area contributed by atoms with Crippen molar-refractivity contribution in [2.24, 2.45) is 11.7 Å². The van der Waals surface area contributed by atoms with Crippen LogP contribution >= 0.6 is 0 Å². The molecule has 0 rings (SSSR count). The van der Waals surface area contributed by atoms with Crippen LogP contribution < -0.4 is 5.73 Å². The van der Waals surface area contributed by atoms with Gasteiger partial charge in [-0.2, -0.15) is 5.26 Å². The van der Waals surface area contributed by atoms with Crippen LogP contribution in [-0.4, -0.2) is 29.9 Å². The monoisotopic (exact) mass is 183 g/mol. The number of hydrogen-bond donors (Lipinski definition) is 1. The number of carbonyl (C=O) groups excluding carboxylic acids is 1. The molecule has 74 valence electrons. The van der Waals surface area contributed by atoms with Crippen molar-refractivity contribution in [3.8, 4) is 6.07 Å². The molecule has 0 aliphatic rings. The minimum absolute atomic E-state index is 0.0678. The third-order valence-corrected chi connectivity index (χ3v) is 2.09. The molecule has 0 fully saturated rings. The third kappa shape index (κ3) is 3.90. The van der Waals surface area contributed by atoms with Crippen molar-refractivity contribution in [2.75, 3.05) is 13.1 Å². The van der Waals surface area contributed by atoms with Crippen molar-refractivity contribution in [3.63, 3.8) is 0 Å². The quantitative estimate of drug-likeness (QED) is 0.668. The number of likely N-dealkylation sites (N-methyl/N-ethyl adjacent to an activating group) is 1.